The van der Waals surface area contributed by atoms with Crippen LogP contribution in [0.5, 0.6) is 0 Å². The van der Waals surface area contributed by atoms with Crippen molar-refractivity contribution in [2.24, 2.45) is 0 Å². The highest BCUT2D eigenvalue weighted by molar-refractivity contribution is 9.10. The molecular weight excluding hydrogens is 395 g/mol. The summed E-state index contributed by atoms with van der Waals surface area (Å²) in [5, 5.41) is 3.13. The van der Waals surface area contributed by atoms with Gasteiger partial charge in [-0.3, -0.25) is 4.79 Å². The summed E-state index contributed by atoms with van der Waals surface area (Å²) in [6, 6.07) is 7.23. The lowest BCUT2D eigenvalue weighted by Crippen LogP contribution is -2.13. The van der Waals surface area contributed by atoms with E-state index in [2.05, 4.69) is 42.2 Å². The van der Waals surface area contributed by atoms with Gasteiger partial charge in [0.1, 0.15) is 5.15 Å². The highest BCUT2D eigenvalue weighted by Crippen LogP contribution is 2.25. The molecule has 0 saturated heterocycles. The summed E-state index contributed by atoms with van der Waals surface area (Å²) in [6.07, 6.45) is 1.51. The third-order valence-corrected chi connectivity index (χ3v) is 4.68. The lowest BCUT2D eigenvalue weighted by Gasteiger charge is -2.08. The van der Waals surface area contributed by atoms with Crippen molar-refractivity contribution in [2.75, 3.05) is 5.32 Å². The van der Waals surface area contributed by atoms with Gasteiger partial charge in [-0.25, -0.2) is 4.98 Å². The van der Waals surface area contributed by atoms with Gasteiger partial charge in [-0.1, -0.05) is 23.7 Å². The number of nitrogens with zero attached hydrogens (tertiary/aromatic N) is 1. The lowest BCUT2D eigenvalue weighted by atomic mass is 10.1. The first kappa shape index (κ1) is 14.5. The first-order valence-electron chi connectivity index (χ1n) is 5.36. The number of rotatable bonds is 2. The summed E-state index contributed by atoms with van der Waals surface area (Å²) in [4.78, 5) is 16.1. The van der Waals surface area contributed by atoms with E-state index >= 15 is 0 Å². The van der Waals surface area contributed by atoms with E-state index in [9.17, 15) is 4.79 Å². The van der Waals surface area contributed by atoms with Crippen molar-refractivity contribution in [2.45, 2.75) is 6.92 Å². The van der Waals surface area contributed by atoms with E-state index < -0.39 is 0 Å². The molecule has 0 radical (unpaired) electrons. The summed E-state index contributed by atoms with van der Waals surface area (Å²) in [6.45, 7) is 1.93. The molecule has 0 aliphatic heterocycles. The van der Waals surface area contributed by atoms with Gasteiger partial charge in [0.2, 0.25) is 0 Å². The van der Waals surface area contributed by atoms with Gasteiger partial charge in [0.05, 0.1) is 21.9 Å². The highest BCUT2D eigenvalue weighted by atomic mass is 79.9. The van der Waals surface area contributed by atoms with Crippen molar-refractivity contribution in [3.8, 4) is 0 Å². The standard InChI is InChI=1S/C13H9Br2ClN2O/c1-7-3-2-4-9(11(7)15)13(19)18-8-5-10(14)12(16)17-6-8/h2-6H,1H3,(H,18,19). The van der Waals surface area contributed by atoms with Crippen molar-refractivity contribution in [3.05, 3.63) is 55.7 Å². The number of hydrogen-bond acceptors (Lipinski definition) is 2. The number of carbonyl (C=O) groups is 1. The van der Waals surface area contributed by atoms with E-state index in [4.69, 9.17) is 11.6 Å². The average molecular weight is 404 g/mol. The quantitative estimate of drug-likeness (QED) is 0.729. The molecule has 0 aliphatic carbocycles. The molecule has 0 aliphatic rings. The molecule has 19 heavy (non-hydrogen) atoms. The fourth-order valence-electron chi connectivity index (χ4n) is 1.51. The van der Waals surface area contributed by atoms with Gasteiger partial charge in [0.25, 0.3) is 5.91 Å². The zero-order valence-corrected chi connectivity index (χ0v) is 13.8. The maximum Gasteiger partial charge on any atom is 0.256 e. The third-order valence-electron chi connectivity index (χ3n) is 2.49. The molecule has 0 saturated carbocycles. The van der Waals surface area contributed by atoms with E-state index in [1.54, 1.807) is 12.1 Å². The van der Waals surface area contributed by atoms with Crippen molar-refractivity contribution >= 4 is 55.1 Å². The second-order valence-corrected chi connectivity index (χ2v) is 5.89. The van der Waals surface area contributed by atoms with Crippen LogP contribution in [0.1, 0.15) is 15.9 Å². The Bertz CT molecular complexity index is 647. The zero-order chi connectivity index (χ0) is 14.0. The molecule has 2 rings (SSSR count). The largest absolute Gasteiger partial charge is 0.321 e. The van der Waals surface area contributed by atoms with E-state index in [0.717, 1.165) is 10.0 Å². The third kappa shape index (κ3) is 3.35. The van der Waals surface area contributed by atoms with Crippen molar-refractivity contribution in [1.82, 2.24) is 4.98 Å². The van der Waals surface area contributed by atoms with E-state index in [1.165, 1.54) is 6.20 Å². The Morgan fingerprint density at radius 3 is 2.79 bits per heavy atom. The number of aryl methyl sites for hydroxylation is 1. The van der Waals surface area contributed by atoms with Crippen LogP contribution >= 0.6 is 43.5 Å². The number of halogens is 3. The topological polar surface area (TPSA) is 42.0 Å². The summed E-state index contributed by atoms with van der Waals surface area (Å²) in [7, 11) is 0. The van der Waals surface area contributed by atoms with Gasteiger partial charge in [-0.15, -0.1) is 0 Å². The number of carbonyl (C=O) groups excluding carboxylic acids is 1. The number of aromatic nitrogens is 1. The van der Waals surface area contributed by atoms with Gasteiger partial charge in [-0.05, 0) is 56.5 Å². The monoisotopic (exact) mass is 402 g/mol. The maximum atomic E-state index is 12.2. The van der Waals surface area contributed by atoms with Crippen LogP contribution in [-0.4, -0.2) is 10.9 Å². The lowest BCUT2D eigenvalue weighted by molar-refractivity contribution is 0.102. The van der Waals surface area contributed by atoms with Crippen molar-refractivity contribution in [3.63, 3.8) is 0 Å². The van der Waals surface area contributed by atoms with Gasteiger partial charge < -0.3 is 5.32 Å². The Balaban J connectivity index is 2.26. The van der Waals surface area contributed by atoms with Crippen LogP contribution in [0.2, 0.25) is 5.15 Å². The number of pyridine rings is 1. The van der Waals surface area contributed by atoms with Crippen molar-refractivity contribution in [1.29, 1.82) is 0 Å². The molecule has 98 valence electrons. The highest BCUT2D eigenvalue weighted by Gasteiger charge is 2.12. The van der Waals surface area contributed by atoms with Crippen LogP contribution in [0.15, 0.2) is 39.4 Å². The van der Waals surface area contributed by atoms with Crippen LogP contribution in [0, 0.1) is 6.92 Å². The molecule has 0 spiro atoms. The van der Waals surface area contributed by atoms with E-state index in [0.29, 0.717) is 20.9 Å². The van der Waals surface area contributed by atoms with Gasteiger partial charge in [0, 0.05) is 4.47 Å². The summed E-state index contributed by atoms with van der Waals surface area (Å²) < 4.78 is 1.42. The summed E-state index contributed by atoms with van der Waals surface area (Å²) in [5.74, 6) is -0.202. The van der Waals surface area contributed by atoms with Crippen LogP contribution < -0.4 is 5.32 Å². The normalized spacial score (nSPS) is 10.3. The number of anilines is 1. The molecule has 0 atom stereocenters. The SMILES string of the molecule is Cc1cccc(C(=O)Nc2cnc(Cl)c(Br)c2)c1Br. The molecule has 0 bridgehead atoms. The molecule has 1 N–H and O–H groups in total. The smallest absolute Gasteiger partial charge is 0.256 e. The predicted octanol–water partition coefficient (Wildman–Crippen LogP) is 4.82. The minimum absolute atomic E-state index is 0.202. The Morgan fingerprint density at radius 2 is 2.11 bits per heavy atom. The average Bonchev–Trinajstić information content (AvgIpc) is 2.37. The Kier molecular flexibility index (Phi) is 4.60. The molecule has 1 amide bonds. The molecule has 6 heteroatoms. The molecule has 3 nitrogen and oxygen atoms in total. The van der Waals surface area contributed by atoms with Gasteiger partial charge in [-0.2, -0.15) is 0 Å². The maximum absolute atomic E-state index is 12.2. The Hall–Kier alpha value is -0.910. The predicted molar refractivity (Wildman–Crippen MR) is 83.8 cm³/mol. The number of amides is 1. The van der Waals surface area contributed by atoms with Crippen LogP contribution in [0.25, 0.3) is 0 Å². The van der Waals surface area contributed by atoms with Crippen LogP contribution in [0.4, 0.5) is 5.69 Å². The zero-order valence-electron chi connectivity index (χ0n) is 9.88. The number of benzene rings is 1. The first-order valence-corrected chi connectivity index (χ1v) is 7.33. The molecule has 0 unspecified atom stereocenters. The Morgan fingerprint density at radius 1 is 1.37 bits per heavy atom. The van der Waals surface area contributed by atoms with E-state index in [-0.39, 0.29) is 5.91 Å². The summed E-state index contributed by atoms with van der Waals surface area (Å²) in [5.41, 5.74) is 2.16. The molecule has 1 heterocycles. The summed E-state index contributed by atoms with van der Waals surface area (Å²) >= 11 is 12.5. The molecule has 0 fully saturated rings. The second kappa shape index (κ2) is 6.03. The molecule has 2 aromatic rings. The van der Waals surface area contributed by atoms with Gasteiger partial charge in [0.15, 0.2) is 0 Å². The fraction of sp³-hybridized carbons (Fsp3) is 0.0769. The van der Waals surface area contributed by atoms with Crippen LogP contribution in [0.3, 0.4) is 0 Å². The second-order valence-electron chi connectivity index (χ2n) is 3.89. The fourth-order valence-corrected chi connectivity index (χ4v) is 2.41. The van der Waals surface area contributed by atoms with Crippen molar-refractivity contribution < 1.29 is 4.79 Å². The van der Waals surface area contributed by atoms with E-state index in [1.807, 2.05) is 19.1 Å². The molecular formula is C13H9Br2ClN2O. The van der Waals surface area contributed by atoms with Crippen LogP contribution in [-0.2, 0) is 0 Å². The molecule has 1 aromatic heterocycles. The van der Waals surface area contributed by atoms with Gasteiger partial charge >= 0.3 is 0 Å². The number of nitrogens with one attached hydrogen (secondary N) is 1. The number of hydrogen-bond donors (Lipinski definition) is 1. The Labute approximate surface area is 132 Å². The minimum Gasteiger partial charge on any atom is -0.321 e. The minimum atomic E-state index is -0.202. The molecule has 1 aromatic carbocycles. The first-order chi connectivity index (χ1) is 8.99.